The van der Waals surface area contributed by atoms with Crippen molar-refractivity contribution in [3.8, 4) is 0 Å². The van der Waals surface area contributed by atoms with Gasteiger partial charge in [-0.2, -0.15) is 9.40 Å². The first-order valence-electron chi connectivity index (χ1n) is 7.52. The summed E-state index contributed by atoms with van der Waals surface area (Å²) in [6.45, 7) is 6.78. The Morgan fingerprint density at radius 3 is 2.57 bits per heavy atom. The van der Waals surface area contributed by atoms with Crippen molar-refractivity contribution in [3.63, 3.8) is 0 Å². The fourth-order valence-corrected chi connectivity index (χ4v) is 4.54. The molecule has 2 N–H and O–H groups in total. The maximum absolute atomic E-state index is 12.9. The van der Waals surface area contributed by atoms with E-state index in [9.17, 15) is 8.42 Å². The zero-order valence-electron chi connectivity index (χ0n) is 13.3. The van der Waals surface area contributed by atoms with Crippen LogP contribution in [0.5, 0.6) is 0 Å². The molecule has 1 saturated carbocycles. The van der Waals surface area contributed by atoms with Crippen LogP contribution in [0.1, 0.15) is 37.6 Å². The van der Waals surface area contributed by atoms with Gasteiger partial charge in [0, 0.05) is 19.6 Å². The highest BCUT2D eigenvalue weighted by atomic mass is 32.2. The molecule has 1 fully saturated rings. The first-order valence-corrected chi connectivity index (χ1v) is 8.96. The normalized spacial score (nSPS) is 17.4. The Hall–Kier alpha value is -0.920. The Morgan fingerprint density at radius 1 is 1.43 bits per heavy atom. The summed E-state index contributed by atoms with van der Waals surface area (Å²) in [7, 11) is -1.82. The van der Waals surface area contributed by atoms with Crippen molar-refractivity contribution in [2.75, 3.05) is 13.6 Å². The van der Waals surface area contributed by atoms with Crippen LogP contribution in [0.15, 0.2) is 4.90 Å². The minimum absolute atomic E-state index is 0.0428. The highest BCUT2D eigenvalue weighted by Crippen LogP contribution is 2.37. The van der Waals surface area contributed by atoms with Gasteiger partial charge in [0.15, 0.2) is 0 Å². The number of hydrogen-bond donors (Lipinski definition) is 1. The van der Waals surface area contributed by atoms with Gasteiger partial charge in [-0.05, 0) is 52.5 Å². The molecule has 0 bridgehead atoms. The molecule has 1 unspecified atom stereocenters. The Labute approximate surface area is 127 Å². The molecule has 0 aliphatic heterocycles. The van der Waals surface area contributed by atoms with Crippen LogP contribution in [0.25, 0.3) is 0 Å². The number of aryl methyl sites for hydroxylation is 2. The largest absolute Gasteiger partial charge is 0.330 e. The molecular formula is C14H26N4O2S. The van der Waals surface area contributed by atoms with Crippen LogP contribution >= 0.6 is 0 Å². The molecule has 0 spiro atoms. The molecule has 1 aliphatic carbocycles. The van der Waals surface area contributed by atoms with Crippen molar-refractivity contribution < 1.29 is 8.42 Å². The second-order valence-electron chi connectivity index (χ2n) is 5.96. The lowest BCUT2D eigenvalue weighted by molar-refractivity contribution is 0.356. The van der Waals surface area contributed by atoms with Crippen molar-refractivity contribution in [2.24, 2.45) is 11.7 Å². The third kappa shape index (κ3) is 3.14. The maximum Gasteiger partial charge on any atom is 0.246 e. The molecule has 1 heterocycles. The highest BCUT2D eigenvalue weighted by molar-refractivity contribution is 7.89. The Morgan fingerprint density at radius 2 is 2.05 bits per heavy atom. The summed E-state index contributed by atoms with van der Waals surface area (Å²) in [5, 5.41) is 4.37. The molecule has 120 valence electrons. The van der Waals surface area contributed by atoms with Gasteiger partial charge in [-0.3, -0.25) is 4.68 Å². The smallest absolute Gasteiger partial charge is 0.246 e. The molecule has 1 aromatic rings. The third-order valence-electron chi connectivity index (χ3n) is 4.40. The van der Waals surface area contributed by atoms with E-state index >= 15 is 0 Å². The number of sulfonamides is 1. The fourth-order valence-electron chi connectivity index (χ4n) is 2.75. The van der Waals surface area contributed by atoms with E-state index < -0.39 is 10.0 Å². The average Bonchev–Trinajstić information content (AvgIpc) is 3.21. The molecule has 2 rings (SSSR count). The van der Waals surface area contributed by atoms with Crippen LogP contribution in [0.4, 0.5) is 0 Å². The Bertz CT molecular complexity index is 605. The molecule has 7 heteroatoms. The van der Waals surface area contributed by atoms with Crippen molar-refractivity contribution >= 4 is 10.0 Å². The van der Waals surface area contributed by atoms with E-state index in [-0.39, 0.29) is 6.04 Å². The van der Waals surface area contributed by atoms with Gasteiger partial charge in [0.25, 0.3) is 0 Å². The monoisotopic (exact) mass is 314 g/mol. The number of nitrogens with zero attached hydrogens (tertiary/aromatic N) is 3. The van der Waals surface area contributed by atoms with Gasteiger partial charge in [-0.15, -0.1) is 0 Å². The van der Waals surface area contributed by atoms with Crippen LogP contribution in [0, 0.1) is 19.8 Å². The second kappa shape index (κ2) is 6.06. The molecule has 0 amide bonds. The number of rotatable bonds is 7. The van der Waals surface area contributed by atoms with E-state index in [0.717, 1.165) is 19.3 Å². The van der Waals surface area contributed by atoms with Gasteiger partial charge in [0.05, 0.1) is 11.4 Å². The van der Waals surface area contributed by atoms with Crippen molar-refractivity contribution in [1.82, 2.24) is 14.1 Å². The predicted octanol–water partition coefficient (Wildman–Crippen LogP) is 1.27. The van der Waals surface area contributed by atoms with Crippen LogP contribution in [-0.4, -0.2) is 42.1 Å². The molecule has 1 atom stereocenters. The minimum atomic E-state index is -3.49. The second-order valence-corrected chi connectivity index (χ2v) is 7.90. The zero-order chi connectivity index (χ0) is 15.8. The summed E-state index contributed by atoms with van der Waals surface area (Å²) in [5.74, 6) is 0.498. The van der Waals surface area contributed by atoms with Gasteiger partial charge >= 0.3 is 0 Å². The number of nitrogens with two attached hydrogens (primary N) is 1. The molecule has 21 heavy (non-hydrogen) atoms. The minimum Gasteiger partial charge on any atom is -0.330 e. The molecule has 0 radical (unpaired) electrons. The quantitative estimate of drug-likeness (QED) is 0.821. The summed E-state index contributed by atoms with van der Waals surface area (Å²) in [6, 6.07) is 0.0428. The van der Waals surface area contributed by atoms with Crippen LogP contribution in [0.3, 0.4) is 0 Å². The average molecular weight is 314 g/mol. The molecule has 1 aliphatic rings. The van der Waals surface area contributed by atoms with Crippen molar-refractivity contribution in [2.45, 2.75) is 57.5 Å². The Kier molecular flexibility index (Phi) is 4.75. The third-order valence-corrected chi connectivity index (χ3v) is 6.60. The van der Waals surface area contributed by atoms with E-state index in [2.05, 4.69) is 5.10 Å². The fraction of sp³-hybridized carbons (Fsp3) is 0.786. The van der Waals surface area contributed by atoms with Gasteiger partial charge in [-0.25, -0.2) is 8.42 Å². The van der Waals surface area contributed by atoms with Crippen molar-refractivity contribution in [3.05, 3.63) is 11.4 Å². The zero-order valence-corrected chi connectivity index (χ0v) is 14.2. The predicted molar refractivity (Wildman–Crippen MR) is 82.5 cm³/mol. The van der Waals surface area contributed by atoms with E-state index in [4.69, 9.17) is 5.73 Å². The maximum atomic E-state index is 12.9. The van der Waals surface area contributed by atoms with Crippen LogP contribution in [-0.2, 0) is 16.6 Å². The molecular weight excluding hydrogens is 288 g/mol. The lowest BCUT2D eigenvalue weighted by Gasteiger charge is -2.24. The summed E-state index contributed by atoms with van der Waals surface area (Å²) in [5.41, 5.74) is 6.79. The molecule has 1 aromatic heterocycles. The SMILES string of the molecule is Cc1nn(CCCN)c(C)c1S(=O)(=O)N(C)C(C)C1CC1. The summed E-state index contributed by atoms with van der Waals surface area (Å²) < 4.78 is 29.0. The highest BCUT2D eigenvalue weighted by Gasteiger charge is 2.38. The van der Waals surface area contributed by atoms with E-state index in [1.165, 1.54) is 4.31 Å². The van der Waals surface area contributed by atoms with Crippen LogP contribution < -0.4 is 5.73 Å². The van der Waals surface area contributed by atoms with Gasteiger partial charge < -0.3 is 5.73 Å². The Balaban J connectivity index is 2.33. The first-order chi connectivity index (χ1) is 9.80. The van der Waals surface area contributed by atoms with E-state index in [0.29, 0.717) is 35.3 Å². The summed E-state index contributed by atoms with van der Waals surface area (Å²) in [4.78, 5) is 0.356. The van der Waals surface area contributed by atoms with Gasteiger partial charge in [0.1, 0.15) is 4.90 Å². The van der Waals surface area contributed by atoms with Crippen molar-refractivity contribution in [1.29, 1.82) is 0 Å². The molecule has 6 nitrogen and oxygen atoms in total. The standard InChI is InChI=1S/C14H26N4O2S/c1-10-14(12(3)18(16-10)9-5-8-15)21(19,20)17(4)11(2)13-6-7-13/h11,13H,5-9,15H2,1-4H3. The lowest BCUT2D eigenvalue weighted by atomic mass is 10.2. The first kappa shape index (κ1) is 16.5. The molecule has 0 aromatic carbocycles. The summed E-state index contributed by atoms with van der Waals surface area (Å²) >= 11 is 0. The molecule has 0 saturated heterocycles. The van der Waals surface area contributed by atoms with E-state index in [1.807, 2.05) is 13.8 Å². The summed E-state index contributed by atoms with van der Waals surface area (Å²) in [6.07, 6.45) is 3.03. The van der Waals surface area contributed by atoms with Gasteiger partial charge in [-0.1, -0.05) is 0 Å². The van der Waals surface area contributed by atoms with Gasteiger partial charge in [0.2, 0.25) is 10.0 Å². The van der Waals surface area contributed by atoms with Crippen LogP contribution in [0.2, 0.25) is 0 Å². The number of hydrogen-bond acceptors (Lipinski definition) is 4. The van der Waals surface area contributed by atoms with E-state index in [1.54, 1.807) is 18.7 Å². The topological polar surface area (TPSA) is 81.2 Å². The number of aromatic nitrogens is 2. The lowest BCUT2D eigenvalue weighted by Crippen LogP contribution is -2.36.